The summed E-state index contributed by atoms with van der Waals surface area (Å²) in [5.74, 6) is 0. The molecule has 8 heavy (non-hydrogen) atoms. The average Bonchev–Trinajstić information content (AvgIpc) is 1.90. The topological polar surface area (TPSA) is 32.3 Å². The van der Waals surface area contributed by atoms with Gasteiger partial charge in [0.1, 0.15) is 0 Å². The van der Waals surface area contributed by atoms with Crippen molar-refractivity contribution in [1.29, 1.82) is 0 Å². The summed E-state index contributed by atoms with van der Waals surface area (Å²) >= 11 is 0. The van der Waals surface area contributed by atoms with Crippen LogP contribution in [0.3, 0.4) is 0 Å². The van der Waals surface area contributed by atoms with E-state index in [0.29, 0.717) is 5.59 Å². The zero-order valence-electron chi connectivity index (χ0n) is 4.33. The van der Waals surface area contributed by atoms with E-state index in [4.69, 9.17) is 5.02 Å². The fourth-order valence-corrected chi connectivity index (χ4v) is 0.488. The summed E-state index contributed by atoms with van der Waals surface area (Å²) in [6.45, 7) is 0. The zero-order chi connectivity index (χ0) is 5.82. The maximum atomic E-state index is 8.38. The van der Waals surface area contributed by atoms with Gasteiger partial charge in [0.2, 0.25) is 0 Å². The first-order valence-corrected chi connectivity index (χ1v) is 2.37. The Labute approximate surface area is 48.5 Å². The van der Waals surface area contributed by atoms with Gasteiger partial charge < -0.3 is 0 Å². The van der Waals surface area contributed by atoms with Crippen molar-refractivity contribution in [3.8, 4) is 0 Å². The molecule has 0 radical (unpaired) electrons. The Morgan fingerprint density at radius 3 is 2.75 bits per heavy atom. The molecule has 3 heteroatoms. The third-order valence-corrected chi connectivity index (χ3v) is 0.872. The summed E-state index contributed by atoms with van der Waals surface area (Å²) in [6.07, 6.45) is 7.23. The molecule has 1 aliphatic heterocycles. The first-order chi connectivity index (χ1) is 3.93. The van der Waals surface area contributed by atoms with E-state index in [9.17, 15) is 0 Å². The maximum absolute atomic E-state index is 8.38. The van der Waals surface area contributed by atoms with Gasteiger partial charge in [-0.2, -0.15) is 0 Å². The SMILES string of the molecule is OB=C1C=CC=CN1. The first-order valence-electron chi connectivity index (χ1n) is 2.37. The molecule has 2 nitrogen and oxygen atoms in total. The van der Waals surface area contributed by atoms with E-state index in [2.05, 4.69) is 5.32 Å². The van der Waals surface area contributed by atoms with Gasteiger partial charge in [-0.3, -0.25) is 0 Å². The monoisotopic (exact) mass is 107 g/mol. The molecule has 0 spiro atoms. The van der Waals surface area contributed by atoms with Crippen LogP contribution in [0.25, 0.3) is 0 Å². The molecule has 1 aliphatic rings. The second-order valence-corrected chi connectivity index (χ2v) is 1.45. The Hall–Kier alpha value is -0.985. The van der Waals surface area contributed by atoms with Gasteiger partial charge in [0.05, 0.1) is 0 Å². The number of hydrogen-bond acceptors (Lipinski definition) is 2. The Kier molecular flexibility index (Phi) is 1.52. The quantitative estimate of drug-likeness (QED) is 0.405. The van der Waals surface area contributed by atoms with Gasteiger partial charge in [0.15, 0.2) is 0 Å². The molecular weight excluding hydrogens is 101 g/mol. The van der Waals surface area contributed by atoms with E-state index >= 15 is 0 Å². The van der Waals surface area contributed by atoms with Gasteiger partial charge in [-0.15, -0.1) is 0 Å². The molecule has 0 amide bonds. The zero-order valence-corrected chi connectivity index (χ0v) is 4.33. The molecule has 0 aromatic carbocycles. The number of allylic oxidation sites excluding steroid dienone is 2. The van der Waals surface area contributed by atoms with Crippen LogP contribution in [-0.2, 0) is 0 Å². The van der Waals surface area contributed by atoms with Crippen LogP contribution in [0.15, 0.2) is 24.4 Å². The van der Waals surface area contributed by atoms with Crippen LogP contribution in [0.4, 0.5) is 0 Å². The minimum atomic E-state index is 0.715. The predicted molar refractivity (Wildman–Crippen MR) is 34.4 cm³/mol. The van der Waals surface area contributed by atoms with Crippen LogP contribution in [0.2, 0.25) is 0 Å². The Bertz CT molecular complexity index is 160. The van der Waals surface area contributed by atoms with E-state index in [-0.39, 0.29) is 0 Å². The molecule has 1 heterocycles. The van der Waals surface area contributed by atoms with Gasteiger partial charge in [0.25, 0.3) is 0 Å². The van der Waals surface area contributed by atoms with E-state index < -0.39 is 0 Å². The van der Waals surface area contributed by atoms with Crippen LogP contribution >= 0.6 is 0 Å². The molecule has 0 aliphatic carbocycles. The molecule has 40 valence electrons. The molecule has 0 aromatic rings. The van der Waals surface area contributed by atoms with Crippen molar-refractivity contribution in [2.45, 2.75) is 0 Å². The van der Waals surface area contributed by atoms with Crippen molar-refractivity contribution in [1.82, 2.24) is 5.32 Å². The third-order valence-electron chi connectivity index (χ3n) is 0.872. The molecule has 0 saturated heterocycles. The predicted octanol–water partition coefficient (Wildman–Crippen LogP) is -0.599. The number of hydrogen-bond donors (Lipinski definition) is 2. The van der Waals surface area contributed by atoms with Crippen LogP contribution in [0, 0.1) is 0 Å². The molecule has 0 atom stereocenters. The molecule has 1 rings (SSSR count). The normalized spacial score (nSPS) is 20.2. The van der Waals surface area contributed by atoms with Gasteiger partial charge in [-0.25, -0.2) is 0 Å². The standard InChI is InChI=1S/C5H6BNO/c8-6-5-3-1-2-4-7-5/h1-4,7-8H. The average molecular weight is 107 g/mol. The van der Waals surface area contributed by atoms with Crippen molar-refractivity contribution in [3.05, 3.63) is 24.4 Å². The van der Waals surface area contributed by atoms with Crippen LogP contribution < -0.4 is 5.32 Å². The van der Waals surface area contributed by atoms with E-state index in [0.717, 1.165) is 7.12 Å². The van der Waals surface area contributed by atoms with Gasteiger partial charge in [0, 0.05) is 0 Å². The number of rotatable bonds is 0. The minimum absolute atomic E-state index is 0.715. The molecule has 0 bridgehead atoms. The van der Waals surface area contributed by atoms with Crippen LogP contribution in [-0.4, -0.2) is 17.7 Å². The van der Waals surface area contributed by atoms with E-state index in [1.54, 1.807) is 12.3 Å². The third kappa shape index (κ3) is 0.995. The summed E-state index contributed by atoms with van der Waals surface area (Å²) in [5.41, 5.74) is 0.715. The van der Waals surface area contributed by atoms with Crippen molar-refractivity contribution in [3.63, 3.8) is 0 Å². The summed E-state index contributed by atoms with van der Waals surface area (Å²) in [4.78, 5) is 0. The molecule has 0 unspecified atom stereocenters. The van der Waals surface area contributed by atoms with Crippen molar-refractivity contribution in [2.75, 3.05) is 0 Å². The van der Waals surface area contributed by atoms with Crippen molar-refractivity contribution < 1.29 is 5.02 Å². The van der Waals surface area contributed by atoms with Gasteiger partial charge >= 0.3 is 47.5 Å². The van der Waals surface area contributed by atoms with Crippen LogP contribution in [0.1, 0.15) is 0 Å². The molecule has 2 N–H and O–H groups in total. The molecule has 0 fully saturated rings. The number of dihydropyridines is 1. The summed E-state index contributed by atoms with van der Waals surface area (Å²) < 4.78 is 0. The Morgan fingerprint density at radius 2 is 2.38 bits per heavy atom. The Morgan fingerprint density at radius 1 is 1.50 bits per heavy atom. The summed E-state index contributed by atoms with van der Waals surface area (Å²) in [6, 6.07) is 0. The summed E-state index contributed by atoms with van der Waals surface area (Å²) in [5, 5.41) is 11.2. The first kappa shape index (κ1) is 5.16. The van der Waals surface area contributed by atoms with Crippen molar-refractivity contribution >= 4 is 12.7 Å². The van der Waals surface area contributed by atoms with E-state index in [1.807, 2.05) is 12.2 Å². The molecule has 0 aromatic heterocycles. The fourth-order valence-electron chi connectivity index (χ4n) is 0.488. The molecular formula is C5H6BNO. The van der Waals surface area contributed by atoms with Gasteiger partial charge in [-0.1, -0.05) is 0 Å². The van der Waals surface area contributed by atoms with Gasteiger partial charge in [-0.05, 0) is 0 Å². The van der Waals surface area contributed by atoms with E-state index in [1.165, 1.54) is 0 Å². The molecule has 0 saturated carbocycles. The Balaban J connectivity index is 2.66. The number of nitrogens with one attached hydrogen (secondary N) is 1. The fraction of sp³-hybridized carbons (Fsp3) is 0. The van der Waals surface area contributed by atoms with Crippen LogP contribution in [0.5, 0.6) is 0 Å². The second-order valence-electron chi connectivity index (χ2n) is 1.45. The second kappa shape index (κ2) is 2.35. The summed E-state index contributed by atoms with van der Waals surface area (Å²) in [7, 11) is 1.03. The van der Waals surface area contributed by atoms with Crippen molar-refractivity contribution in [2.24, 2.45) is 0 Å².